The van der Waals surface area contributed by atoms with Crippen LogP contribution in [0.5, 0.6) is 0 Å². The number of ether oxygens (including phenoxy) is 1. The van der Waals surface area contributed by atoms with Gasteiger partial charge in [0.15, 0.2) is 0 Å². The average molecular weight is 422 g/mol. The quantitative estimate of drug-likeness (QED) is 0.408. The number of fused-ring (bicyclic) bond motifs is 1. The summed E-state index contributed by atoms with van der Waals surface area (Å²) in [4.78, 5) is 26.1. The number of amides is 1. The molecule has 4 rings (SSSR count). The van der Waals surface area contributed by atoms with Crippen LogP contribution in [-0.2, 0) is 11.2 Å². The van der Waals surface area contributed by atoms with Gasteiger partial charge in [-0.3, -0.25) is 4.79 Å². The van der Waals surface area contributed by atoms with Crippen molar-refractivity contribution in [3.63, 3.8) is 0 Å². The van der Waals surface area contributed by atoms with Crippen molar-refractivity contribution in [2.75, 3.05) is 12.4 Å². The summed E-state index contributed by atoms with van der Waals surface area (Å²) in [5.41, 5.74) is 3.83. The van der Waals surface area contributed by atoms with Gasteiger partial charge in [-0.15, -0.1) is 22.7 Å². The SMILES string of the molecule is COC(=O)c1sccc1NC(=O)c1sc2ccccc2c1Cc1ccc(C)cc1. The Morgan fingerprint density at radius 1 is 1.00 bits per heavy atom. The van der Waals surface area contributed by atoms with Crippen molar-refractivity contribution in [2.45, 2.75) is 13.3 Å². The van der Waals surface area contributed by atoms with Crippen LogP contribution in [0.25, 0.3) is 10.1 Å². The molecule has 2 aromatic carbocycles. The highest BCUT2D eigenvalue weighted by atomic mass is 32.1. The molecule has 0 bridgehead atoms. The van der Waals surface area contributed by atoms with Crippen LogP contribution < -0.4 is 5.32 Å². The van der Waals surface area contributed by atoms with E-state index >= 15 is 0 Å². The number of benzene rings is 2. The smallest absolute Gasteiger partial charge is 0.350 e. The fourth-order valence-electron chi connectivity index (χ4n) is 3.21. The van der Waals surface area contributed by atoms with Crippen molar-refractivity contribution in [3.05, 3.63) is 86.4 Å². The molecule has 1 amide bonds. The van der Waals surface area contributed by atoms with Gasteiger partial charge in [0.25, 0.3) is 5.91 Å². The van der Waals surface area contributed by atoms with Gasteiger partial charge >= 0.3 is 5.97 Å². The van der Waals surface area contributed by atoms with E-state index < -0.39 is 5.97 Å². The van der Waals surface area contributed by atoms with Crippen molar-refractivity contribution in [1.29, 1.82) is 0 Å². The third-order valence-electron chi connectivity index (χ3n) is 4.69. The minimum Gasteiger partial charge on any atom is -0.465 e. The summed E-state index contributed by atoms with van der Waals surface area (Å²) in [7, 11) is 1.33. The number of nitrogens with one attached hydrogen (secondary N) is 1. The van der Waals surface area contributed by atoms with E-state index in [9.17, 15) is 9.59 Å². The van der Waals surface area contributed by atoms with Crippen LogP contribution >= 0.6 is 22.7 Å². The maximum absolute atomic E-state index is 13.2. The molecule has 0 fully saturated rings. The van der Waals surface area contributed by atoms with Gasteiger partial charge in [-0.25, -0.2) is 4.79 Å². The molecule has 0 aliphatic heterocycles. The molecule has 4 nitrogen and oxygen atoms in total. The van der Waals surface area contributed by atoms with Gasteiger partial charge < -0.3 is 10.1 Å². The maximum Gasteiger partial charge on any atom is 0.350 e. The van der Waals surface area contributed by atoms with E-state index in [-0.39, 0.29) is 5.91 Å². The summed E-state index contributed by atoms with van der Waals surface area (Å²) in [6.45, 7) is 2.06. The fraction of sp³-hybridized carbons (Fsp3) is 0.130. The zero-order valence-electron chi connectivity index (χ0n) is 16.0. The van der Waals surface area contributed by atoms with Crippen LogP contribution in [0.15, 0.2) is 60.0 Å². The van der Waals surface area contributed by atoms with Crippen LogP contribution in [0.2, 0.25) is 0 Å². The van der Waals surface area contributed by atoms with Gasteiger partial charge in [-0.1, -0.05) is 48.0 Å². The molecule has 146 valence electrons. The van der Waals surface area contributed by atoms with Gasteiger partial charge in [0.05, 0.1) is 17.7 Å². The zero-order valence-corrected chi connectivity index (χ0v) is 17.7. The summed E-state index contributed by atoms with van der Waals surface area (Å²) >= 11 is 2.72. The first-order chi connectivity index (χ1) is 14.1. The molecule has 0 atom stereocenters. The van der Waals surface area contributed by atoms with Crippen LogP contribution in [0.3, 0.4) is 0 Å². The van der Waals surface area contributed by atoms with Crippen molar-refractivity contribution in [2.24, 2.45) is 0 Å². The van der Waals surface area contributed by atoms with Gasteiger partial charge in [-0.2, -0.15) is 0 Å². The predicted molar refractivity (Wildman–Crippen MR) is 119 cm³/mol. The van der Waals surface area contributed by atoms with Crippen molar-refractivity contribution in [1.82, 2.24) is 0 Å². The third-order valence-corrected chi connectivity index (χ3v) is 6.80. The fourth-order valence-corrected chi connectivity index (χ4v) is 5.09. The molecular formula is C23H19NO3S2. The van der Waals surface area contributed by atoms with E-state index in [1.54, 1.807) is 11.4 Å². The lowest BCUT2D eigenvalue weighted by atomic mass is 10.0. The first kappa shape index (κ1) is 19.4. The minimum absolute atomic E-state index is 0.211. The Morgan fingerprint density at radius 3 is 2.52 bits per heavy atom. The number of anilines is 1. The Morgan fingerprint density at radius 2 is 1.76 bits per heavy atom. The second-order valence-corrected chi connectivity index (χ2v) is 8.65. The number of methoxy groups -OCH3 is 1. The first-order valence-corrected chi connectivity index (χ1v) is 10.8. The number of esters is 1. The van der Waals surface area contributed by atoms with Crippen molar-refractivity contribution >= 4 is 50.3 Å². The van der Waals surface area contributed by atoms with Gasteiger partial charge in [0, 0.05) is 4.70 Å². The van der Waals surface area contributed by atoms with Crippen molar-refractivity contribution in [3.8, 4) is 0 Å². The second-order valence-electron chi connectivity index (χ2n) is 6.68. The lowest BCUT2D eigenvalue weighted by Crippen LogP contribution is -2.14. The zero-order chi connectivity index (χ0) is 20.4. The molecule has 0 spiro atoms. The summed E-state index contributed by atoms with van der Waals surface area (Å²) in [5, 5.41) is 5.75. The number of aryl methyl sites for hydroxylation is 1. The van der Waals surface area contributed by atoms with E-state index in [2.05, 4.69) is 42.6 Å². The maximum atomic E-state index is 13.2. The molecule has 1 N–H and O–H groups in total. The summed E-state index contributed by atoms with van der Waals surface area (Å²) in [6, 6.07) is 18.1. The summed E-state index contributed by atoms with van der Waals surface area (Å²) in [5.74, 6) is -0.664. The van der Waals surface area contributed by atoms with Crippen molar-refractivity contribution < 1.29 is 14.3 Å². The lowest BCUT2D eigenvalue weighted by molar-refractivity contribution is 0.0607. The van der Waals surface area contributed by atoms with E-state index in [1.165, 1.54) is 35.3 Å². The van der Waals surface area contributed by atoms with Gasteiger partial charge in [-0.05, 0) is 47.4 Å². The molecule has 2 aromatic heterocycles. The monoisotopic (exact) mass is 421 g/mol. The topological polar surface area (TPSA) is 55.4 Å². The molecule has 29 heavy (non-hydrogen) atoms. The van der Waals surface area contributed by atoms with E-state index in [0.29, 0.717) is 21.9 Å². The Kier molecular flexibility index (Phi) is 5.47. The number of carbonyl (C=O) groups is 2. The first-order valence-electron chi connectivity index (χ1n) is 9.10. The van der Waals surface area contributed by atoms with E-state index in [0.717, 1.165) is 21.2 Å². The van der Waals surface area contributed by atoms with E-state index in [4.69, 9.17) is 4.74 Å². The van der Waals surface area contributed by atoms with Gasteiger partial charge in [0.2, 0.25) is 0 Å². The number of carbonyl (C=O) groups excluding carboxylic acids is 2. The lowest BCUT2D eigenvalue weighted by Gasteiger charge is -2.08. The number of thiophene rings is 2. The van der Waals surface area contributed by atoms with E-state index in [1.807, 2.05) is 18.2 Å². The molecule has 0 unspecified atom stereocenters. The molecule has 0 radical (unpaired) electrons. The van der Waals surface area contributed by atoms with Crippen LogP contribution in [-0.4, -0.2) is 19.0 Å². The normalized spacial score (nSPS) is 10.8. The molecule has 6 heteroatoms. The molecule has 0 aliphatic rings. The highest BCUT2D eigenvalue weighted by molar-refractivity contribution is 7.21. The average Bonchev–Trinajstić information content (AvgIpc) is 3.34. The van der Waals surface area contributed by atoms with Gasteiger partial charge in [0.1, 0.15) is 4.88 Å². The molecular weight excluding hydrogens is 402 g/mol. The Labute approximate surface area is 176 Å². The molecule has 0 saturated carbocycles. The highest BCUT2D eigenvalue weighted by Crippen LogP contribution is 2.34. The predicted octanol–water partition coefficient (Wildman–Crippen LogP) is 5.90. The molecule has 0 saturated heterocycles. The molecule has 0 aliphatic carbocycles. The Bertz CT molecular complexity index is 1190. The minimum atomic E-state index is -0.452. The summed E-state index contributed by atoms with van der Waals surface area (Å²) in [6.07, 6.45) is 0.667. The van der Waals surface area contributed by atoms with Crippen LogP contribution in [0, 0.1) is 6.92 Å². The van der Waals surface area contributed by atoms with Crippen LogP contribution in [0.4, 0.5) is 5.69 Å². The number of hydrogen-bond acceptors (Lipinski definition) is 5. The Hall–Kier alpha value is -2.96. The third kappa shape index (κ3) is 3.95. The number of hydrogen-bond donors (Lipinski definition) is 1. The Balaban J connectivity index is 1.71. The molecule has 4 aromatic rings. The second kappa shape index (κ2) is 8.19. The largest absolute Gasteiger partial charge is 0.465 e. The molecule has 2 heterocycles. The highest BCUT2D eigenvalue weighted by Gasteiger charge is 2.21. The van der Waals surface area contributed by atoms with Crippen LogP contribution in [0.1, 0.15) is 36.0 Å². The standard InChI is InChI=1S/C23H19NO3S2/c1-14-7-9-15(10-8-14)13-17-16-5-3-4-6-19(16)29-20(17)22(25)24-18-11-12-28-21(18)23(26)27-2/h3-12H,13H2,1-2H3,(H,24,25). The summed E-state index contributed by atoms with van der Waals surface area (Å²) < 4.78 is 5.87. The number of rotatable bonds is 5.